The lowest BCUT2D eigenvalue weighted by atomic mass is 10.2. The van der Waals surface area contributed by atoms with Gasteiger partial charge < -0.3 is 34.6 Å². The smallest absolute Gasteiger partial charge is 0.293 e. The monoisotopic (exact) mass is 608 g/mol. The maximum absolute atomic E-state index is 12.4. The summed E-state index contributed by atoms with van der Waals surface area (Å²) < 4.78 is 14.3. The average molecular weight is 609 g/mol. The summed E-state index contributed by atoms with van der Waals surface area (Å²) in [7, 11) is 8.79. The van der Waals surface area contributed by atoms with Crippen molar-refractivity contribution in [2.24, 2.45) is 0 Å². The number of nitrogens with zero attached hydrogens (tertiary/aromatic N) is 4. The highest BCUT2D eigenvalue weighted by atomic mass is 16.5. The third-order valence-electron chi connectivity index (χ3n) is 6.37. The van der Waals surface area contributed by atoms with Crippen LogP contribution in [0.5, 0.6) is 5.75 Å². The van der Waals surface area contributed by atoms with Crippen molar-refractivity contribution in [2.75, 3.05) is 81.3 Å². The van der Waals surface area contributed by atoms with Crippen molar-refractivity contribution >= 4 is 24.7 Å². The Hall–Kier alpha value is -3.52. The predicted octanol–water partition coefficient (Wildman–Crippen LogP) is 1.10. The molecule has 1 heterocycles. The molecule has 1 aromatic carbocycles. The molecule has 0 saturated carbocycles. The number of hydrogen-bond donors (Lipinski definition) is 2. The van der Waals surface area contributed by atoms with Crippen LogP contribution in [0.1, 0.15) is 31.7 Å². The molecule has 1 atom stereocenters. The average Bonchev–Trinajstić information content (AvgIpc) is 3.02. The van der Waals surface area contributed by atoms with Crippen LogP contribution in [0.15, 0.2) is 36.9 Å². The zero-order valence-corrected chi connectivity index (χ0v) is 26.8. The molecule has 0 aliphatic carbocycles. The van der Waals surface area contributed by atoms with Crippen LogP contribution in [-0.2, 0) is 35.2 Å². The van der Waals surface area contributed by atoms with E-state index in [0.29, 0.717) is 58.7 Å². The largest absolute Gasteiger partial charge is 0.497 e. The lowest BCUT2D eigenvalue weighted by Gasteiger charge is -2.47. The molecule has 13 nitrogen and oxygen atoms in total. The highest BCUT2D eigenvalue weighted by Crippen LogP contribution is 2.18. The Morgan fingerprint density at radius 2 is 1.84 bits per heavy atom. The van der Waals surface area contributed by atoms with Gasteiger partial charge in [0.15, 0.2) is 0 Å². The minimum Gasteiger partial charge on any atom is -0.497 e. The molecule has 3 amide bonds. The van der Waals surface area contributed by atoms with Crippen molar-refractivity contribution in [1.29, 1.82) is 0 Å². The van der Waals surface area contributed by atoms with Gasteiger partial charge in [-0.2, -0.15) is 0 Å². The van der Waals surface area contributed by atoms with Gasteiger partial charge in [-0.05, 0) is 38.2 Å². The fourth-order valence-electron chi connectivity index (χ4n) is 4.16. The van der Waals surface area contributed by atoms with Gasteiger partial charge in [-0.1, -0.05) is 31.7 Å². The second kappa shape index (κ2) is 25.0. The van der Waals surface area contributed by atoms with E-state index in [1.807, 2.05) is 33.2 Å². The maximum Gasteiger partial charge on any atom is 0.293 e. The van der Waals surface area contributed by atoms with Gasteiger partial charge in [-0.15, -0.1) is 0 Å². The predicted molar refractivity (Wildman–Crippen MR) is 166 cm³/mol. The Morgan fingerprint density at radius 1 is 1.14 bits per heavy atom. The van der Waals surface area contributed by atoms with E-state index in [4.69, 9.17) is 9.47 Å². The molecule has 2 rings (SSSR count). The number of hydrazine groups is 1. The third-order valence-corrected chi connectivity index (χ3v) is 6.37. The highest BCUT2D eigenvalue weighted by molar-refractivity contribution is 5.80. The number of hydrogen-bond acceptors (Lipinski definition) is 10. The van der Waals surface area contributed by atoms with Crippen LogP contribution >= 0.6 is 0 Å². The SMILES string of the molecule is C=CCOC=O.CCC(=O)N(CCCOC)CCC1N(CCNC)C(=O)CN(C)N1C=O.CNCc1ccc(OC)cc1. The van der Waals surface area contributed by atoms with Gasteiger partial charge >= 0.3 is 0 Å². The maximum atomic E-state index is 12.4. The van der Waals surface area contributed by atoms with Gasteiger partial charge in [-0.25, -0.2) is 5.01 Å². The van der Waals surface area contributed by atoms with E-state index >= 15 is 0 Å². The van der Waals surface area contributed by atoms with E-state index in [2.05, 4.69) is 34.1 Å². The summed E-state index contributed by atoms with van der Waals surface area (Å²) in [6, 6.07) is 8.03. The van der Waals surface area contributed by atoms with Crippen molar-refractivity contribution in [2.45, 2.75) is 38.9 Å². The molecular weight excluding hydrogens is 556 g/mol. The molecule has 1 aliphatic rings. The molecule has 0 aromatic heterocycles. The molecule has 0 radical (unpaired) electrons. The number of amides is 3. The third kappa shape index (κ3) is 16.1. The molecule has 43 heavy (non-hydrogen) atoms. The molecular formula is C30H52N6O7. The Bertz CT molecular complexity index is 911. The van der Waals surface area contributed by atoms with Crippen molar-refractivity contribution in [3.8, 4) is 5.75 Å². The van der Waals surface area contributed by atoms with Crippen molar-refractivity contribution < 1.29 is 33.4 Å². The summed E-state index contributed by atoms with van der Waals surface area (Å²) in [4.78, 5) is 49.0. The zero-order chi connectivity index (χ0) is 32.5. The van der Waals surface area contributed by atoms with Gasteiger partial charge in [0.1, 0.15) is 18.5 Å². The van der Waals surface area contributed by atoms with Crippen LogP contribution in [0.25, 0.3) is 0 Å². The molecule has 1 saturated heterocycles. The van der Waals surface area contributed by atoms with Crippen LogP contribution in [0.4, 0.5) is 0 Å². The molecule has 1 fully saturated rings. The first kappa shape index (κ1) is 39.5. The summed E-state index contributed by atoms with van der Waals surface area (Å²) in [6.07, 6.45) is 3.57. The van der Waals surface area contributed by atoms with E-state index in [1.165, 1.54) is 11.6 Å². The summed E-state index contributed by atoms with van der Waals surface area (Å²) in [5.74, 6) is 0.958. The summed E-state index contributed by atoms with van der Waals surface area (Å²) in [6.45, 7) is 9.77. The summed E-state index contributed by atoms with van der Waals surface area (Å²) in [5.41, 5.74) is 1.27. The van der Waals surface area contributed by atoms with Crippen molar-refractivity contribution in [3.05, 3.63) is 42.5 Å². The topological polar surface area (TPSA) is 133 Å². The molecule has 0 spiro atoms. The van der Waals surface area contributed by atoms with Crippen molar-refractivity contribution in [1.82, 2.24) is 30.5 Å². The molecule has 1 aliphatic heterocycles. The second-order valence-electron chi connectivity index (χ2n) is 9.44. The van der Waals surface area contributed by atoms with Crippen LogP contribution < -0.4 is 15.4 Å². The van der Waals surface area contributed by atoms with Gasteiger partial charge in [0, 0.05) is 66.3 Å². The number of carbonyl (C=O) groups excluding carboxylic acids is 4. The number of likely N-dealkylation sites (N-methyl/N-ethyl adjacent to an activating group) is 2. The van der Waals surface area contributed by atoms with Crippen LogP contribution in [0.3, 0.4) is 0 Å². The van der Waals surface area contributed by atoms with E-state index < -0.39 is 0 Å². The molecule has 2 N–H and O–H groups in total. The van der Waals surface area contributed by atoms with Gasteiger partial charge in [-0.3, -0.25) is 24.2 Å². The Kier molecular flexibility index (Phi) is 23.0. The summed E-state index contributed by atoms with van der Waals surface area (Å²) in [5, 5.41) is 9.29. The Morgan fingerprint density at radius 3 is 2.33 bits per heavy atom. The number of methoxy groups -OCH3 is 2. The Balaban J connectivity index is 0.000000843. The van der Waals surface area contributed by atoms with E-state index in [-0.39, 0.29) is 24.5 Å². The fourth-order valence-corrected chi connectivity index (χ4v) is 4.16. The number of ether oxygens (including phenoxy) is 3. The quantitative estimate of drug-likeness (QED) is 0.142. The van der Waals surface area contributed by atoms with Gasteiger partial charge in [0.05, 0.1) is 13.7 Å². The lowest BCUT2D eigenvalue weighted by molar-refractivity contribution is -0.177. The highest BCUT2D eigenvalue weighted by Gasteiger charge is 2.36. The Labute approximate surface area is 257 Å². The summed E-state index contributed by atoms with van der Waals surface area (Å²) >= 11 is 0. The van der Waals surface area contributed by atoms with E-state index in [0.717, 1.165) is 25.1 Å². The molecule has 1 unspecified atom stereocenters. The number of benzene rings is 1. The fraction of sp³-hybridized carbons (Fsp3) is 0.600. The first-order valence-electron chi connectivity index (χ1n) is 14.4. The molecule has 13 heteroatoms. The first-order valence-corrected chi connectivity index (χ1v) is 14.4. The zero-order valence-electron chi connectivity index (χ0n) is 26.8. The van der Waals surface area contributed by atoms with Gasteiger partial charge in [0.25, 0.3) is 6.47 Å². The van der Waals surface area contributed by atoms with E-state index in [9.17, 15) is 19.2 Å². The van der Waals surface area contributed by atoms with E-state index in [1.54, 1.807) is 41.1 Å². The normalized spacial score (nSPS) is 14.5. The van der Waals surface area contributed by atoms with Crippen molar-refractivity contribution in [3.63, 3.8) is 0 Å². The van der Waals surface area contributed by atoms with Crippen LogP contribution in [-0.4, -0.2) is 132 Å². The minimum atomic E-state index is -0.387. The number of carbonyl (C=O) groups is 4. The molecule has 1 aromatic rings. The van der Waals surface area contributed by atoms with Crippen LogP contribution in [0, 0.1) is 0 Å². The van der Waals surface area contributed by atoms with Crippen LogP contribution in [0.2, 0.25) is 0 Å². The minimum absolute atomic E-state index is 0.0152. The molecule has 0 bridgehead atoms. The van der Waals surface area contributed by atoms with Gasteiger partial charge in [0.2, 0.25) is 18.2 Å². The molecule has 244 valence electrons. The second-order valence-corrected chi connectivity index (χ2v) is 9.44. The standard InChI is InChI=1S/C17H33N5O4.C9H13NO.C4H6O2/c1-5-16(24)20(9-6-12-26-4)10-7-15-21(11-8-18-2)17(25)13-19(3)22(15)14-23;1-10-7-8-3-5-9(11-2)6-4-8;1-2-3-6-4-5/h14-15,18H,5-13H2,1-4H3;3-6,10H,7H2,1-2H3;2,4H,1,3H2. The number of nitrogens with one attached hydrogen (secondary N) is 2. The first-order chi connectivity index (χ1) is 20.8. The lowest BCUT2D eigenvalue weighted by Crippen LogP contribution is -2.64. The number of rotatable bonds is 18.